The fourth-order valence-corrected chi connectivity index (χ4v) is 6.02. The van der Waals surface area contributed by atoms with Crippen LogP contribution in [0.3, 0.4) is 0 Å². The van der Waals surface area contributed by atoms with Gasteiger partial charge in [-0.1, -0.05) is 45.8 Å². The highest BCUT2D eigenvalue weighted by Crippen LogP contribution is 2.64. The molecule has 2 N–H and O–H groups in total. The van der Waals surface area contributed by atoms with Crippen molar-refractivity contribution in [3.63, 3.8) is 0 Å². The highest BCUT2D eigenvalue weighted by molar-refractivity contribution is 9.10. The van der Waals surface area contributed by atoms with Crippen molar-refractivity contribution >= 4 is 31.7 Å². The molecule has 1 fully saturated rings. The lowest BCUT2D eigenvalue weighted by atomic mass is 10.0. The first-order valence-corrected chi connectivity index (χ1v) is 9.99. The Morgan fingerprint density at radius 1 is 1.12 bits per heavy atom. The van der Waals surface area contributed by atoms with E-state index in [0.717, 1.165) is 10.0 Å². The fraction of sp³-hybridized carbons (Fsp3) is 0.278. The molecule has 25 heavy (non-hydrogen) atoms. The first kappa shape index (κ1) is 18.1. The summed E-state index contributed by atoms with van der Waals surface area (Å²) in [5, 5.41) is 18.3. The van der Waals surface area contributed by atoms with Crippen LogP contribution in [0.4, 0.5) is 0 Å². The summed E-state index contributed by atoms with van der Waals surface area (Å²) in [5.74, 6) is -2.10. The first-order chi connectivity index (χ1) is 11.7. The maximum Gasteiger partial charge on any atom is 0.314 e. The summed E-state index contributed by atoms with van der Waals surface area (Å²) in [6.07, 6.45) is 0. The van der Waals surface area contributed by atoms with E-state index >= 15 is 0 Å². The second-order valence-electron chi connectivity index (χ2n) is 6.31. The van der Waals surface area contributed by atoms with Crippen molar-refractivity contribution in [2.45, 2.75) is 23.0 Å². The Morgan fingerprint density at radius 2 is 1.68 bits per heavy atom. The van der Waals surface area contributed by atoms with Crippen LogP contribution in [0, 0.1) is 12.3 Å². The predicted molar refractivity (Wildman–Crippen MR) is 96.2 cm³/mol. The molecule has 0 bridgehead atoms. The minimum Gasteiger partial charge on any atom is -0.481 e. The standard InChI is InChI=1S/C18H17BrO5S/c1-11-2-8-14(9-3-11)25(23,24)16-15(18(16,10-20)17(21)22)12-4-6-13(19)7-5-12/h2-9,15-16,20H,10H2,1H3,(H,21,22)/t15-,16+,18-/m1/s1. The number of aliphatic hydroxyl groups is 1. The van der Waals surface area contributed by atoms with E-state index in [9.17, 15) is 23.4 Å². The van der Waals surface area contributed by atoms with Gasteiger partial charge >= 0.3 is 5.97 Å². The van der Waals surface area contributed by atoms with Gasteiger partial charge in [0.25, 0.3) is 0 Å². The molecule has 0 aliphatic heterocycles. The molecule has 5 nitrogen and oxygen atoms in total. The third kappa shape index (κ3) is 2.80. The topological polar surface area (TPSA) is 91.7 Å². The molecule has 0 radical (unpaired) electrons. The summed E-state index contributed by atoms with van der Waals surface area (Å²) in [7, 11) is -3.91. The monoisotopic (exact) mass is 424 g/mol. The van der Waals surface area contributed by atoms with Gasteiger partial charge in [-0.25, -0.2) is 8.42 Å². The summed E-state index contributed by atoms with van der Waals surface area (Å²) in [6.45, 7) is 1.10. The summed E-state index contributed by atoms with van der Waals surface area (Å²) in [6, 6.07) is 13.1. The molecule has 2 aromatic carbocycles. The molecule has 0 saturated heterocycles. The molecule has 0 aromatic heterocycles. The average Bonchev–Trinajstić information content (AvgIpc) is 3.27. The van der Waals surface area contributed by atoms with Crippen molar-refractivity contribution in [2.75, 3.05) is 6.61 Å². The normalized spacial score (nSPS) is 25.6. The van der Waals surface area contributed by atoms with Gasteiger partial charge in [0.1, 0.15) is 5.41 Å². The predicted octanol–water partition coefficient (Wildman–Crippen LogP) is 2.76. The van der Waals surface area contributed by atoms with Crippen molar-refractivity contribution in [3.8, 4) is 0 Å². The first-order valence-electron chi connectivity index (χ1n) is 7.65. The molecule has 3 rings (SSSR count). The van der Waals surface area contributed by atoms with Crippen LogP contribution >= 0.6 is 15.9 Å². The van der Waals surface area contributed by atoms with Gasteiger partial charge in [-0.05, 0) is 36.8 Å². The Morgan fingerprint density at radius 3 is 2.16 bits per heavy atom. The van der Waals surface area contributed by atoms with Gasteiger partial charge in [-0.15, -0.1) is 0 Å². The number of rotatable bonds is 5. The maximum absolute atomic E-state index is 13.1. The number of benzene rings is 2. The minimum atomic E-state index is -3.91. The molecule has 3 atom stereocenters. The van der Waals surface area contributed by atoms with E-state index in [4.69, 9.17) is 0 Å². The minimum absolute atomic E-state index is 0.0711. The zero-order valence-corrected chi connectivity index (χ0v) is 15.8. The van der Waals surface area contributed by atoms with E-state index in [0.29, 0.717) is 5.56 Å². The molecule has 132 valence electrons. The third-order valence-electron chi connectivity index (χ3n) is 4.83. The quantitative estimate of drug-likeness (QED) is 0.769. The third-order valence-corrected chi connectivity index (χ3v) is 7.65. The molecule has 0 unspecified atom stereocenters. The number of carboxylic acid groups (broad SMARTS) is 1. The second kappa shape index (κ2) is 6.23. The largest absolute Gasteiger partial charge is 0.481 e. The molecule has 0 amide bonds. The lowest BCUT2D eigenvalue weighted by Gasteiger charge is -2.09. The lowest BCUT2D eigenvalue weighted by Crippen LogP contribution is -2.27. The number of aliphatic hydroxyl groups excluding tert-OH is 1. The Balaban J connectivity index is 2.10. The molecule has 0 heterocycles. The molecule has 7 heteroatoms. The van der Waals surface area contributed by atoms with Crippen LogP contribution in [0.25, 0.3) is 0 Å². The van der Waals surface area contributed by atoms with E-state index in [-0.39, 0.29) is 4.90 Å². The van der Waals surface area contributed by atoms with Crippen LogP contribution in [-0.2, 0) is 14.6 Å². The number of sulfone groups is 1. The van der Waals surface area contributed by atoms with Crippen LogP contribution < -0.4 is 0 Å². The number of aliphatic carboxylic acids is 1. The average molecular weight is 425 g/mol. The molecule has 1 saturated carbocycles. The van der Waals surface area contributed by atoms with E-state index in [1.807, 2.05) is 6.92 Å². The molecule has 1 aliphatic carbocycles. The van der Waals surface area contributed by atoms with Gasteiger partial charge in [0.05, 0.1) is 16.8 Å². The Labute approximate surface area is 154 Å². The molecular weight excluding hydrogens is 408 g/mol. The zero-order valence-electron chi connectivity index (χ0n) is 13.4. The van der Waals surface area contributed by atoms with E-state index in [1.54, 1.807) is 36.4 Å². The smallest absolute Gasteiger partial charge is 0.314 e. The van der Waals surface area contributed by atoms with Crippen LogP contribution in [0.15, 0.2) is 57.9 Å². The number of hydrogen-bond acceptors (Lipinski definition) is 4. The van der Waals surface area contributed by atoms with Crippen LogP contribution in [0.1, 0.15) is 17.0 Å². The van der Waals surface area contributed by atoms with Crippen molar-refractivity contribution in [2.24, 2.45) is 5.41 Å². The van der Waals surface area contributed by atoms with Crippen molar-refractivity contribution in [1.82, 2.24) is 0 Å². The second-order valence-corrected chi connectivity index (χ2v) is 9.30. The summed E-state index contributed by atoms with van der Waals surface area (Å²) < 4.78 is 26.9. The molecular formula is C18H17BrO5S. The number of carboxylic acids is 1. The lowest BCUT2D eigenvalue weighted by molar-refractivity contribution is -0.145. The van der Waals surface area contributed by atoms with E-state index in [2.05, 4.69) is 15.9 Å². The van der Waals surface area contributed by atoms with Crippen LogP contribution in [-0.4, -0.2) is 36.5 Å². The number of hydrogen-bond donors (Lipinski definition) is 2. The van der Waals surface area contributed by atoms with Crippen molar-refractivity contribution in [3.05, 3.63) is 64.1 Å². The van der Waals surface area contributed by atoms with Crippen LogP contribution in [0.5, 0.6) is 0 Å². The number of aryl methyl sites for hydroxylation is 1. The summed E-state index contributed by atoms with van der Waals surface area (Å²) >= 11 is 3.30. The molecule has 2 aromatic rings. The van der Waals surface area contributed by atoms with Crippen LogP contribution in [0.2, 0.25) is 0 Å². The van der Waals surface area contributed by atoms with Gasteiger partial charge in [0, 0.05) is 10.4 Å². The molecule has 1 aliphatic rings. The van der Waals surface area contributed by atoms with Crippen molar-refractivity contribution in [1.29, 1.82) is 0 Å². The Kier molecular flexibility index (Phi) is 4.51. The highest BCUT2D eigenvalue weighted by atomic mass is 79.9. The summed E-state index contributed by atoms with van der Waals surface area (Å²) in [4.78, 5) is 11.9. The van der Waals surface area contributed by atoms with E-state index < -0.39 is 39.0 Å². The highest BCUT2D eigenvalue weighted by Gasteiger charge is 2.75. The van der Waals surface area contributed by atoms with Gasteiger partial charge in [0.2, 0.25) is 0 Å². The van der Waals surface area contributed by atoms with Gasteiger partial charge in [0.15, 0.2) is 9.84 Å². The zero-order chi connectivity index (χ0) is 18.4. The number of carbonyl (C=O) groups is 1. The van der Waals surface area contributed by atoms with E-state index in [1.165, 1.54) is 12.1 Å². The Hall–Kier alpha value is -1.70. The number of halogens is 1. The SMILES string of the molecule is Cc1ccc(S(=O)(=O)[C@H]2[C@@H](c3ccc(Br)cc3)[C@@]2(CO)C(=O)O)cc1. The fourth-order valence-electron chi connectivity index (χ4n) is 3.39. The van der Waals surface area contributed by atoms with Gasteiger partial charge in [-0.2, -0.15) is 0 Å². The molecule has 0 spiro atoms. The Bertz CT molecular complexity index is 905. The van der Waals surface area contributed by atoms with Gasteiger partial charge in [-0.3, -0.25) is 4.79 Å². The maximum atomic E-state index is 13.1. The van der Waals surface area contributed by atoms with Gasteiger partial charge < -0.3 is 10.2 Å². The summed E-state index contributed by atoms with van der Waals surface area (Å²) in [5.41, 5.74) is -0.233. The van der Waals surface area contributed by atoms with Crippen molar-refractivity contribution < 1.29 is 23.4 Å².